The molecule has 4 nitrogen and oxygen atoms in total. The van der Waals surface area contributed by atoms with Gasteiger partial charge >= 0.3 is 12.4 Å². The average molecular weight is 435 g/mol. The predicted octanol–water partition coefficient (Wildman–Crippen LogP) is 4.63. The van der Waals surface area contributed by atoms with Gasteiger partial charge in [-0.2, -0.15) is 26.3 Å². The summed E-state index contributed by atoms with van der Waals surface area (Å²) in [6, 6.07) is 8.73. The van der Waals surface area contributed by atoms with Crippen molar-refractivity contribution in [2.75, 3.05) is 12.3 Å². The Hall–Kier alpha value is -2.27. The fourth-order valence-corrected chi connectivity index (χ4v) is 3.91. The van der Waals surface area contributed by atoms with E-state index < -0.39 is 29.4 Å². The van der Waals surface area contributed by atoms with Gasteiger partial charge in [-0.1, -0.05) is 17.8 Å². The summed E-state index contributed by atoms with van der Waals surface area (Å²) in [5.41, 5.74) is -3.44. The van der Waals surface area contributed by atoms with E-state index in [2.05, 4.69) is 9.98 Å². The number of thioether (sulfide) groups is 1. The smallest absolute Gasteiger partial charge is 0.363 e. The molecule has 0 aliphatic carbocycles. The van der Waals surface area contributed by atoms with Gasteiger partial charge in [0.05, 0.1) is 17.0 Å². The third-order valence-corrected chi connectivity index (χ3v) is 5.39. The van der Waals surface area contributed by atoms with Gasteiger partial charge in [0.1, 0.15) is 0 Å². The summed E-state index contributed by atoms with van der Waals surface area (Å²) >= 11 is 0.687. The number of benzene rings is 1. The molecule has 1 N–H and O–H groups in total. The highest BCUT2D eigenvalue weighted by Gasteiger charge is 2.62. The molecule has 1 fully saturated rings. The standard InChI is InChI=1S/C18H15F6N3OS/c19-17(20,21)12-4-6-14(7-5-12)26-15-27(10-8-13-3-1-2-9-25-13)16(28,11-29-15)18(22,23)24/h1-7,9,28H,8,10-11H2. The molecule has 1 aliphatic heterocycles. The Bertz CT molecular complexity index is 870. The number of halogens is 6. The summed E-state index contributed by atoms with van der Waals surface area (Å²) in [6.07, 6.45) is -7.85. The quantitative estimate of drug-likeness (QED) is 0.712. The second-order valence-corrected chi connectivity index (χ2v) is 7.21. The van der Waals surface area contributed by atoms with Crippen molar-refractivity contribution in [1.82, 2.24) is 9.88 Å². The van der Waals surface area contributed by atoms with Gasteiger partial charge in [-0.05, 0) is 36.4 Å². The number of nitrogens with zero attached hydrogens (tertiary/aromatic N) is 3. The van der Waals surface area contributed by atoms with E-state index in [9.17, 15) is 31.4 Å². The van der Waals surface area contributed by atoms with Crippen LogP contribution < -0.4 is 0 Å². The number of hydrogen-bond acceptors (Lipinski definition) is 4. The molecule has 11 heteroatoms. The first kappa shape index (κ1) is 21.4. The molecule has 1 aliphatic rings. The number of aliphatic hydroxyl groups is 1. The number of aliphatic imine (C=N–C) groups is 1. The van der Waals surface area contributed by atoms with E-state index in [1.54, 1.807) is 18.2 Å². The second-order valence-electron chi connectivity index (χ2n) is 6.26. The lowest BCUT2D eigenvalue weighted by molar-refractivity contribution is -0.288. The monoisotopic (exact) mass is 435 g/mol. The Morgan fingerprint density at radius 1 is 1.07 bits per heavy atom. The molecule has 0 radical (unpaired) electrons. The molecular formula is C18H15F6N3OS. The molecule has 0 spiro atoms. The lowest BCUT2D eigenvalue weighted by Gasteiger charge is -2.35. The number of amidine groups is 1. The van der Waals surface area contributed by atoms with Gasteiger partial charge in [0.25, 0.3) is 0 Å². The second kappa shape index (κ2) is 7.86. The summed E-state index contributed by atoms with van der Waals surface area (Å²) in [5, 5.41) is 10.2. The lowest BCUT2D eigenvalue weighted by atomic mass is 10.2. The van der Waals surface area contributed by atoms with E-state index in [1.165, 1.54) is 6.20 Å². The molecule has 0 amide bonds. The van der Waals surface area contributed by atoms with Crippen LogP contribution in [0.3, 0.4) is 0 Å². The fourth-order valence-electron chi connectivity index (χ4n) is 2.70. The number of pyridine rings is 1. The van der Waals surface area contributed by atoms with E-state index in [4.69, 9.17) is 0 Å². The fraction of sp³-hybridized carbons (Fsp3) is 0.333. The van der Waals surface area contributed by atoms with E-state index in [0.717, 1.165) is 29.2 Å². The largest absolute Gasteiger partial charge is 0.437 e. The molecular weight excluding hydrogens is 420 g/mol. The highest BCUT2D eigenvalue weighted by molar-refractivity contribution is 8.14. The summed E-state index contributed by atoms with van der Waals surface area (Å²) in [7, 11) is 0. The van der Waals surface area contributed by atoms with Crippen molar-refractivity contribution in [2.45, 2.75) is 24.5 Å². The SMILES string of the molecule is OC1(C(F)(F)F)CSC(=Nc2ccc(C(F)(F)F)cc2)N1CCc1ccccn1. The van der Waals surface area contributed by atoms with Crippen LogP contribution in [0, 0.1) is 0 Å². The van der Waals surface area contributed by atoms with Crippen molar-refractivity contribution < 1.29 is 31.4 Å². The van der Waals surface area contributed by atoms with Crippen molar-refractivity contribution in [2.24, 2.45) is 4.99 Å². The van der Waals surface area contributed by atoms with E-state index in [-0.39, 0.29) is 23.8 Å². The zero-order valence-corrected chi connectivity index (χ0v) is 15.5. The van der Waals surface area contributed by atoms with Gasteiger partial charge < -0.3 is 10.0 Å². The maximum absolute atomic E-state index is 13.5. The molecule has 3 rings (SSSR count). The average Bonchev–Trinajstić information content (AvgIpc) is 2.97. The van der Waals surface area contributed by atoms with Crippen LogP contribution in [0.1, 0.15) is 11.3 Å². The van der Waals surface area contributed by atoms with Gasteiger partial charge in [-0.15, -0.1) is 0 Å². The molecule has 1 aromatic carbocycles. The van der Waals surface area contributed by atoms with E-state index in [0.29, 0.717) is 17.5 Å². The Balaban J connectivity index is 1.88. The number of hydrogen-bond donors (Lipinski definition) is 1. The van der Waals surface area contributed by atoms with Gasteiger partial charge in [0.2, 0.25) is 5.72 Å². The van der Waals surface area contributed by atoms with Crippen LogP contribution in [0.15, 0.2) is 53.7 Å². The molecule has 2 heterocycles. The molecule has 1 saturated heterocycles. The van der Waals surface area contributed by atoms with Crippen molar-refractivity contribution >= 4 is 22.6 Å². The van der Waals surface area contributed by atoms with Crippen LogP contribution >= 0.6 is 11.8 Å². The highest BCUT2D eigenvalue weighted by Crippen LogP contribution is 2.43. The molecule has 0 saturated carbocycles. The highest BCUT2D eigenvalue weighted by atomic mass is 32.2. The van der Waals surface area contributed by atoms with Crippen molar-refractivity contribution in [3.05, 3.63) is 59.9 Å². The summed E-state index contributed by atoms with van der Waals surface area (Å²) in [4.78, 5) is 8.82. The van der Waals surface area contributed by atoms with Crippen LogP contribution in [0.2, 0.25) is 0 Å². The first-order valence-corrected chi connectivity index (χ1v) is 9.35. The van der Waals surface area contributed by atoms with Crippen LogP contribution in [0.5, 0.6) is 0 Å². The van der Waals surface area contributed by atoms with E-state index in [1.807, 2.05) is 0 Å². The number of alkyl halides is 6. The van der Waals surface area contributed by atoms with Crippen LogP contribution in [0.25, 0.3) is 0 Å². The van der Waals surface area contributed by atoms with Crippen LogP contribution in [-0.4, -0.2) is 44.4 Å². The van der Waals surface area contributed by atoms with Crippen molar-refractivity contribution in [1.29, 1.82) is 0 Å². The lowest BCUT2D eigenvalue weighted by Crippen LogP contribution is -2.58. The van der Waals surface area contributed by atoms with Gasteiger partial charge in [0.15, 0.2) is 5.17 Å². The minimum absolute atomic E-state index is 0.0507. The summed E-state index contributed by atoms with van der Waals surface area (Å²) < 4.78 is 78.6. The van der Waals surface area contributed by atoms with Crippen LogP contribution in [-0.2, 0) is 12.6 Å². The molecule has 156 valence electrons. The van der Waals surface area contributed by atoms with Crippen LogP contribution in [0.4, 0.5) is 32.0 Å². The van der Waals surface area contributed by atoms with Gasteiger partial charge in [-0.3, -0.25) is 4.98 Å². The molecule has 29 heavy (non-hydrogen) atoms. The van der Waals surface area contributed by atoms with Crippen molar-refractivity contribution in [3.63, 3.8) is 0 Å². The first-order valence-electron chi connectivity index (χ1n) is 8.36. The summed E-state index contributed by atoms with van der Waals surface area (Å²) in [5.74, 6) is -0.696. The molecule has 0 bridgehead atoms. The normalized spacial score (nSPS) is 21.8. The zero-order valence-electron chi connectivity index (χ0n) is 14.7. The van der Waals surface area contributed by atoms with Gasteiger partial charge in [-0.25, -0.2) is 4.99 Å². The minimum Gasteiger partial charge on any atom is -0.363 e. The molecule has 1 unspecified atom stereocenters. The van der Waals surface area contributed by atoms with E-state index >= 15 is 0 Å². The summed E-state index contributed by atoms with van der Waals surface area (Å²) in [6.45, 7) is -0.223. The Labute approximate surface area is 166 Å². The maximum atomic E-state index is 13.5. The molecule has 1 aromatic heterocycles. The Morgan fingerprint density at radius 3 is 2.31 bits per heavy atom. The number of rotatable bonds is 4. The topological polar surface area (TPSA) is 48.7 Å². The minimum atomic E-state index is -4.94. The Morgan fingerprint density at radius 2 is 1.76 bits per heavy atom. The molecule has 2 aromatic rings. The first-order chi connectivity index (χ1) is 13.5. The maximum Gasteiger partial charge on any atom is 0.437 e. The third-order valence-electron chi connectivity index (χ3n) is 4.27. The number of aromatic nitrogens is 1. The van der Waals surface area contributed by atoms with Gasteiger partial charge in [0, 0.05) is 24.9 Å². The zero-order chi connectivity index (χ0) is 21.3. The Kier molecular flexibility index (Phi) is 5.81. The molecule has 1 atom stereocenters. The predicted molar refractivity (Wildman–Crippen MR) is 96.6 cm³/mol. The third kappa shape index (κ3) is 4.67. The van der Waals surface area contributed by atoms with Crippen molar-refractivity contribution in [3.8, 4) is 0 Å².